The topological polar surface area (TPSA) is 46.6 Å². The van der Waals surface area contributed by atoms with E-state index < -0.39 is 0 Å². The van der Waals surface area contributed by atoms with Crippen LogP contribution in [0.4, 0.5) is 0 Å². The molecule has 1 atom stereocenters. The molecule has 4 heteroatoms. The van der Waals surface area contributed by atoms with Crippen molar-refractivity contribution in [3.63, 3.8) is 0 Å². The Balaban J connectivity index is 2.44. The highest BCUT2D eigenvalue weighted by molar-refractivity contribution is 5.85. The van der Waals surface area contributed by atoms with Gasteiger partial charge in [0.15, 0.2) is 0 Å². The maximum absolute atomic E-state index is 11.9. The van der Waals surface area contributed by atoms with Gasteiger partial charge in [0.2, 0.25) is 5.91 Å². The summed E-state index contributed by atoms with van der Waals surface area (Å²) >= 11 is 0. The van der Waals surface area contributed by atoms with Gasteiger partial charge in [-0.25, -0.2) is 4.79 Å². The van der Waals surface area contributed by atoms with Crippen LogP contribution in [0.1, 0.15) is 45.4 Å². The van der Waals surface area contributed by atoms with Crippen LogP contribution in [-0.4, -0.2) is 36.5 Å². The Morgan fingerprint density at radius 1 is 1.38 bits per heavy atom. The lowest BCUT2D eigenvalue weighted by molar-refractivity contribution is -0.151. The predicted molar refractivity (Wildman–Crippen MR) is 60.9 cm³/mol. The van der Waals surface area contributed by atoms with Gasteiger partial charge in [-0.1, -0.05) is 19.8 Å². The van der Waals surface area contributed by atoms with Gasteiger partial charge in [0.25, 0.3) is 0 Å². The molecule has 4 nitrogen and oxygen atoms in total. The van der Waals surface area contributed by atoms with E-state index >= 15 is 0 Å². The summed E-state index contributed by atoms with van der Waals surface area (Å²) in [6.45, 7) is 2.81. The molecule has 1 aliphatic heterocycles. The summed E-state index contributed by atoms with van der Waals surface area (Å²) < 4.78 is 4.71. The lowest BCUT2D eigenvalue weighted by Crippen LogP contribution is -2.40. The highest BCUT2D eigenvalue weighted by Crippen LogP contribution is 2.20. The molecular weight excluding hydrogens is 206 g/mol. The summed E-state index contributed by atoms with van der Waals surface area (Å²) in [4.78, 5) is 25.0. The molecule has 16 heavy (non-hydrogen) atoms. The molecule has 0 bridgehead atoms. The van der Waals surface area contributed by atoms with E-state index in [4.69, 9.17) is 4.74 Å². The quantitative estimate of drug-likeness (QED) is 0.531. The van der Waals surface area contributed by atoms with Gasteiger partial charge in [-0.05, 0) is 19.3 Å². The highest BCUT2D eigenvalue weighted by Gasteiger charge is 2.34. The van der Waals surface area contributed by atoms with Gasteiger partial charge < -0.3 is 9.64 Å². The molecule has 0 aromatic rings. The van der Waals surface area contributed by atoms with Gasteiger partial charge in [0.05, 0.1) is 7.11 Å². The number of esters is 1. The minimum absolute atomic E-state index is 0.0985. The molecule has 0 radical (unpaired) electrons. The van der Waals surface area contributed by atoms with Crippen molar-refractivity contribution in [2.75, 3.05) is 13.7 Å². The summed E-state index contributed by atoms with van der Waals surface area (Å²) in [5.74, 6) is -0.178. The SMILES string of the molecule is CCCCCC(=O)N1CCC[C@H]1C(=O)OC. The summed E-state index contributed by atoms with van der Waals surface area (Å²) in [7, 11) is 1.38. The van der Waals surface area contributed by atoms with Gasteiger partial charge in [-0.15, -0.1) is 0 Å². The number of rotatable bonds is 5. The molecule has 1 fully saturated rings. The van der Waals surface area contributed by atoms with E-state index in [9.17, 15) is 9.59 Å². The normalized spacial score (nSPS) is 19.9. The van der Waals surface area contributed by atoms with Crippen LogP contribution in [0, 0.1) is 0 Å². The van der Waals surface area contributed by atoms with Crippen molar-refractivity contribution < 1.29 is 14.3 Å². The first-order chi connectivity index (χ1) is 7.70. The minimum Gasteiger partial charge on any atom is -0.467 e. The third kappa shape index (κ3) is 3.22. The van der Waals surface area contributed by atoms with Crippen LogP contribution in [-0.2, 0) is 14.3 Å². The number of likely N-dealkylation sites (tertiary alicyclic amines) is 1. The van der Waals surface area contributed by atoms with Crippen LogP contribution in [0.15, 0.2) is 0 Å². The number of unbranched alkanes of at least 4 members (excludes halogenated alkanes) is 2. The highest BCUT2D eigenvalue weighted by atomic mass is 16.5. The molecule has 1 saturated heterocycles. The molecule has 0 N–H and O–H groups in total. The lowest BCUT2D eigenvalue weighted by atomic mass is 10.1. The second-order valence-electron chi connectivity index (χ2n) is 4.23. The van der Waals surface area contributed by atoms with Crippen molar-refractivity contribution >= 4 is 11.9 Å². The fourth-order valence-electron chi connectivity index (χ4n) is 2.12. The first kappa shape index (κ1) is 13.0. The van der Waals surface area contributed by atoms with Crippen molar-refractivity contribution in [3.8, 4) is 0 Å². The maximum Gasteiger partial charge on any atom is 0.328 e. The number of nitrogens with zero attached hydrogens (tertiary/aromatic N) is 1. The third-order valence-corrected chi connectivity index (χ3v) is 3.04. The Morgan fingerprint density at radius 3 is 2.75 bits per heavy atom. The summed E-state index contributed by atoms with van der Waals surface area (Å²) in [5.41, 5.74) is 0. The number of carbonyl (C=O) groups excluding carboxylic acids is 2. The Kier molecular flexibility index (Phi) is 5.29. The first-order valence-electron chi connectivity index (χ1n) is 6.08. The monoisotopic (exact) mass is 227 g/mol. The van der Waals surface area contributed by atoms with E-state index in [2.05, 4.69) is 6.92 Å². The zero-order valence-corrected chi connectivity index (χ0v) is 10.2. The van der Waals surface area contributed by atoms with Crippen LogP contribution >= 0.6 is 0 Å². The van der Waals surface area contributed by atoms with E-state index in [1.54, 1.807) is 4.90 Å². The van der Waals surface area contributed by atoms with Crippen molar-refractivity contribution in [2.24, 2.45) is 0 Å². The molecule has 0 aliphatic carbocycles. The van der Waals surface area contributed by atoms with E-state index in [1.807, 2.05) is 0 Å². The summed E-state index contributed by atoms with van der Waals surface area (Å²) in [5, 5.41) is 0. The number of amides is 1. The molecule has 1 amide bonds. The average molecular weight is 227 g/mol. The minimum atomic E-state index is -0.334. The van der Waals surface area contributed by atoms with Crippen molar-refractivity contribution in [1.82, 2.24) is 4.90 Å². The zero-order valence-electron chi connectivity index (χ0n) is 10.2. The van der Waals surface area contributed by atoms with Crippen LogP contribution in [0.3, 0.4) is 0 Å². The summed E-state index contributed by atoms with van der Waals surface area (Å²) in [6.07, 6.45) is 5.29. The average Bonchev–Trinajstić information content (AvgIpc) is 2.77. The van der Waals surface area contributed by atoms with Crippen LogP contribution in [0.2, 0.25) is 0 Å². The molecular formula is C12H21NO3. The third-order valence-electron chi connectivity index (χ3n) is 3.04. The van der Waals surface area contributed by atoms with E-state index in [-0.39, 0.29) is 17.9 Å². The van der Waals surface area contributed by atoms with Gasteiger partial charge in [-0.2, -0.15) is 0 Å². The largest absolute Gasteiger partial charge is 0.467 e. The molecule has 0 unspecified atom stereocenters. The Bertz CT molecular complexity index is 253. The predicted octanol–water partition coefficient (Wildman–Crippen LogP) is 1.73. The molecule has 0 aromatic carbocycles. The molecule has 1 rings (SSSR count). The second kappa shape index (κ2) is 6.51. The van der Waals surface area contributed by atoms with Crippen LogP contribution in [0.5, 0.6) is 0 Å². The number of carbonyl (C=O) groups is 2. The Morgan fingerprint density at radius 2 is 2.12 bits per heavy atom. The van der Waals surface area contributed by atoms with Gasteiger partial charge in [0.1, 0.15) is 6.04 Å². The zero-order chi connectivity index (χ0) is 12.0. The Labute approximate surface area is 96.9 Å². The van der Waals surface area contributed by atoms with Gasteiger partial charge in [-0.3, -0.25) is 4.79 Å². The second-order valence-corrected chi connectivity index (χ2v) is 4.23. The van der Waals surface area contributed by atoms with E-state index in [0.717, 1.165) is 32.1 Å². The van der Waals surface area contributed by atoms with Crippen LogP contribution in [0.25, 0.3) is 0 Å². The van der Waals surface area contributed by atoms with Gasteiger partial charge in [0, 0.05) is 13.0 Å². The van der Waals surface area contributed by atoms with Crippen molar-refractivity contribution in [3.05, 3.63) is 0 Å². The summed E-state index contributed by atoms with van der Waals surface area (Å²) in [6, 6.07) is -0.334. The van der Waals surface area contributed by atoms with Crippen LogP contribution < -0.4 is 0 Å². The number of hydrogen-bond acceptors (Lipinski definition) is 3. The standard InChI is InChI=1S/C12H21NO3/c1-3-4-5-8-11(14)13-9-6-7-10(13)12(15)16-2/h10H,3-9H2,1-2H3/t10-/m0/s1. The fraction of sp³-hybridized carbons (Fsp3) is 0.833. The Hall–Kier alpha value is -1.06. The molecule has 1 heterocycles. The molecule has 92 valence electrons. The number of hydrogen-bond donors (Lipinski definition) is 0. The van der Waals surface area contributed by atoms with E-state index in [0.29, 0.717) is 13.0 Å². The maximum atomic E-state index is 11.9. The number of ether oxygens (including phenoxy) is 1. The molecule has 1 aliphatic rings. The molecule has 0 spiro atoms. The number of methoxy groups -OCH3 is 1. The molecule has 0 aromatic heterocycles. The fourth-order valence-corrected chi connectivity index (χ4v) is 2.12. The smallest absolute Gasteiger partial charge is 0.328 e. The first-order valence-corrected chi connectivity index (χ1v) is 6.08. The van der Waals surface area contributed by atoms with Crippen molar-refractivity contribution in [1.29, 1.82) is 0 Å². The molecule has 0 saturated carbocycles. The van der Waals surface area contributed by atoms with E-state index in [1.165, 1.54) is 7.11 Å². The lowest BCUT2D eigenvalue weighted by Gasteiger charge is -2.22. The van der Waals surface area contributed by atoms with Crippen molar-refractivity contribution in [2.45, 2.75) is 51.5 Å². The van der Waals surface area contributed by atoms with Gasteiger partial charge >= 0.3 is 5.97 Å².